The Morgan fingerprint density at radius 3 is 0.926 bits per heavy atom. The molecular weight excluding hydrogens is 1690 g/mol. The van der Waals surface area contributed by atoms with Crippen molar-refractivity contribution in [3.63, 3.8) is 0 Å². The van der Waals surface area contributed by atoms with Gasteiger partial charge in [-0.2, -0.15) is 0 Å². The third kappa shape index (κ3) is 14.8. The summed E-state index contributed by atoms with van der Waals surface area (Å²) in [4.78, 5) is 42.3. The predicted octanol–water partition coefficient (Wildman–Crippen LogP) is 32.8. The van der Waals surface area contributed by atoms with Crippen LogP contribution in [0.1, 0.15) is 0 Å². The molecule has 136 heavy (non-hydrogen) atoms. The van der Waals surface area contributed by atoms with E-state index in [9.17, 15) is 0 Å². The van der Waals surface area contributed by atoms with E-state index in [4.69, 9.17) is 39.9 Å². The standard InChI is InChI=1S/2C62H39N5S/c1-6-19-40(20-7-1)44-33-34-47(41-21-8-2-9-22-41)51(35-44)45-36-54(62-65-60(42-23-10-3-11-24-42)64-61(66-62)43-25-12-4-13-26-43)58(63-39-45)50-31-18-30-49-53-37-56-52(38-57(53)68-59(49)50)48-29-16-17-32-55(48)67(56)46-27-14-5-15-28-46;1-6-18-40(19-7-1)44-30-32-48(41-20-8-2-9-21-41)51(34-44)46-35-54(62-65-60(42-22-10-3-11-23-42)64-61(66-62)43-24-12-4-13-25-43)59(63-39-46)45-31-33-50-53-37-56-52(38-58(53)68-57(50)36-45)49-28-16-17-29-55(49)67(56)47-26-14-5-15-27-47/h2*1-39H. The smallest absolute Gasteiger partial charge is 0.166 e. The van der Waals surface area contributed by atoms with Crippen LogP contribution in [0.25, 0.3) is 253 Å². The molecule has 26 rings (SSSR count). The molecule has 0 saturated carbocycles. The third-order valence-electron chi connectivity index (χ3n) is 25.8. The van der Waals surface area contributed by atoms with Crippen molar-refractivity contribution in [2.75, 3.05) is 0 Å². The van der Waals surface area contributed by atoms with Gasteiger partial charge in [-0.1, -0.05) is 370 Å². The Bertz CT molecular complexity index is 8940. The van der Waals surface area contributed by atoms with Crippen molar-refractivity contribution in [2.45, 2.75) is 0 Å². The Balaban J connectivity index is 0.000000145. The van der Waals surface area contributed by atoms with E-state index < -0.39 is 0 Å². The lowest BCUT2D eigenvalue weighted by Gasteiger charge is -2.16. The summed E-state index contributed by atoms with van der Waals surface area (Å²) >= 11 is 3.63. The molecule has 0 aliphatic carbocycles. The number of aromatic nitrogens is 10. The molecule has 0 saturated heterocycles. The van der Waals surface area contributed by atoms with Crippen molar-refractivity contribution in [1.29, 1.82) is 0 Å². The summed E-state index contributed by atoms with van der Waals surface area (Å²) in [5.41, 5.74) is 29.0. The summed E-state index contributed by atoms with van der Waals surface area (Å²) in [6.07, 6.45) is 4.05. The van der Waals surface area contributed by atoms with Crippen molar-refractivity contribution >= 4 is 107 Å². The topological polar surface area (TPSA) is 113 Å². The molecule has 0 aliphatic rings. The van der Waals surface area contributed by atoms with E-state index in [0.29, 0.717) is 34.9 Å². The van der Waals surface area contributed by atoms with Crippen LogP contribution >= 0.6 is 22.7 Å². The fourth-order valence-electron chi connectivity index (χ4n) is 19.3. The van der Waals surface area contributed by atoms with Crippen LogP contribution in [0.2, 0.25) is 0 Å². The van der Waals surface area contributed by atoms with Gasteiger partial charge in [0.2, 0.25) is 0 Å². The van der Waals surface area contributed by atoms with Gasteiger partial charge >= 0.3 is 0 Å². The zero-order valence-corrected chi connectivity index (χ0v) is 75.0. The van der Waals surface area contributed by atoms with E-state index >= 15 is 0 Å². The molecule has 8 heterocycles. The molecule has 8 aromatic heterocycles. The number of thiophene rings is 2. The van der Waals surface area contributed by atoms with Gasteiger partial charge in [-0.05, 0) is 147 Å². The first kappa shape index (κ1) is 80.4. The minimum Gasteiger partial charge on any atom is -0.309 e. The minimum atomic E-state index is 0.551. The number of hydrogen-bond acceptors (Lipinski definition) is 10. The molecule has 0 fully saturated rings. The normalized spacial score (nSPS) is 11.5. The van der Waals surface area contributed by atoms with E-state index in [1.165, 1.54) is 79.3 Å². The van der Waals surface area contributed by atoms with Crippen LogP contribution in [0.3, 0.4) is 0 Å². The number of para-hydroxylation sites is 4. The number of hydrogen-bond donors (Lipinski definition) is 0. The van der Waals surface area contributed by atoms with Gasteiger partial charge in [0.15, 0.2) is 34.9 Å². The molecule has 26 aromatic rings. The fraction of sp³-hybridized carbons (Fsp3) is 0. The SMILES string of the molecule is c1ccc(-c2ccc(-c3ccccc3)c(-c3cnc(-c4ccc5c(c4)sc4cc6c7ccccc7n(-c7ccccc7)c6cc45)c(-c4nc(-c5ccccc5)nc(-c5ccccc5)n4)c3)c2)cc1.c1ccc(-c2ccc(-c3ccccc3)c(-c3cnc(-c4cccc5c4sc4cc6c7ccccc7n(-c7ccccc7)c6cc45)c(-c4nc(-c5ccccc5)nc(-c5ccccc5)n4)c3)c2)cc1. The molecule has 0 radical (unpaired) electrons. The van der Waals surface area contributed by atoms with Crippen LogP contribution in [0.4, 0.5) is 0 Å². The van der Waals surface area contributed by atoms with Gasteiger partial charge in [0, 0.05) is 141 Å². The van der Waals surface area contributed by atoms with Crippen molar-refractivity contribution in [3.8, 4) is 169 Å². The average Bonchev–Trinajstić information content (AvgIpc) is 1.56. The number of pyridine rings is 2. The summed E-state index contributed by atoms with van der Waals surface area (Å²) in [7, 11) is 0. The molecular formula is C124H78N10S2. The summed E-state index contributed by atoms with van der Waals surface area (Å²) in [5.74, 6) is 3.49. The van der Waals surface area contributed by atoms with Crippen molar-refractivity contribution < 1.29 is 0 Å². The lowest BCUT2D eigenvalue weighted by molar-refractivity contribution is 1.07. The maximum absolute atomic E-state index is 5.51. The van der Waals surface area contributed by atoms with Gasteiger partial charge < -0.3 is 9.13 Å². The number of rotatable bonds is 16. The van der Waals surface area contributed by atoms with Gasteiger partial charge in [-0.25, -0.2) is 29.9 Å². The molecule has 12 heteroatoms. The molecule has 636 valence electrons. The lowest BCUT2D eigenvalue weighted by atomic mass is 9.90. The highest BCUT2D eigenvalue weighted by Gasteiger charge is 2.27. The molecule has 0 N–H and O–H groups in total. The molecule has 0 unspecified atom stereocenters. The van der Waals surface area contributed by atoms with Crippen molar-refractivity contribution in [1.82, 2.24) is 49.0 Å². The van der Waals surface area contributed by atoms with Gasteiger partial charge in [0.1, 0.15) is 0 Å². The van der Waals surface area contributed by atoms with Crippen LogP contribution in [-0.2, 0) is 0 Å². The van der Waals surface area contributed by atoms with E-state index in [1.807, 2.05) is 132 Å². The second-order valence-electron chi connectivity index (χ2n) is 34.0. The summed E-state index contributed by atoms with van der Waals surface area (Å²) < 4.78 is 9.59. The number of benzene rings is 18. The largest absolute Gasteiger partial charge is 0.309 e. The fourth-order valence-corrected chi connectivity index (χ4v) is 21.7. The van der Waals surface area contributed by atoms with Gasteiger partial charge in [0.25, 0.3) is 0 Å². The first-order valence-electron chi connectivity index (χ1n) is 45.6. The molecule has 0 spiro atoms. The van der Waals surface area contributed by atoms with Crippen LogP contribution in [0.15, 0.2) is 473 Å². The summed E-state index contributed by atoms with van der Waals surface area (Å²) in [6, 6.07) is 162. The molecule has 0 bridgehead atoms. The summed E-state index contributed by atoms with van der Waals surface area (Å²) in [6.45, 7) is 0. The Kier molecular flexibility index (Phi) is 20.4. The summed E-state index contributed by atoms with van der Waals surface area (Å²) in [5, 5.41) is 9.78. The van der Waals surface area contributed by atoms with E-state index in [0.717, 1.165) is 139 Å². The second-order valence-corrected chi connectivity index (χ2v) is 36.1. The van der Waals surface area contributed by atoms with Gasteiger partial charge in [-0.3, -0.25) is 9.97 Å². The van der Waals surface area contributed by atoms with Crippen LogP contribution in [0, 0.1) is 0 Å². The molecule has 18 aromatic carbocycles. The molecule has 0 amide bonds. The third-order valence-corrected chi connectivity index (χ3v) is 28.1. The van der Waals surface area contributed by atoms with Crippen molar-refractivity contribution in [2.24, 2.45) is 0 Å². The van der Waals surface area contributed by atoms with Crippen molar-refractivity contribution in [3.05, 3.63) is 473 Å². The van der Waals surface area contributed by atoms with Crippen LogP contribution in [-0.4, -0.2) is 49.0 Å². The molecule has 0 atom stereocenters. The maximum atomic E-state index is 5.51. The predicted molar refractivity (Wildman–Crippen MR) is 566 cm³/mol. The maximum Gasteiger partial charge on any atom is 0.166 e. The Morgan fingerprint density at radius 1 is 0.162 bits per heavy atom. The molecule has 0 aliphatic heterocycles. The number of fused-ring (bicyclic) bond motifs is 12. The highest BCUT2D eigenvalue weighted by atomic mass is 32.1. The first-order chi connectivity index (χ1) is 67.4. The van der Waals surface area contributed by atoms with E-state index in [2.05, 4.69) is 373 Å². The number of nitrogens with zero attached hydrogens (tertiary/aromatic N) is 10. The van der Waals surface area contributed by atoms with Crippen LogP contribution < -0.4 is 0 Å². The first-order valence-corrected chi connectivity index (χ1v) is 47.2. The van der Waals surface area contributed by atoms with Gasteiger partial charge in [-0.15, -0.1) is 22.7 Å². The highest BCUT2D eigenvalue weighted by Crippen LogP contribution is 2.50. The van der Waals surface area contributed by atoms with Gasteiger partial charge in [0.05, 0.1) is 33.5 Å². The average molecular weight is 1770 g/mol. The highest BCUT2D eigenvalue weighted by molar-refractivity contribution is 7.26. The van der Waals surface area contributed by atoms with Crippen LogP contribution in [0.5, 0.6) is 0 Å². The quantitative estimate of drug-likeness (QED) is 0.0940. The Morgan fingerprint density at radius 2 is 0.493 bits per heavy atom. The minimum absolute atomic E-state index is 0.551. The lowest BCUT2D eigenvalue weighted by Crippen LogP contribution is -2.02. The Labute approximate surface area is 792 Å². The second kappa shape index (κ2) is 34.6. The van der Waals surface area contributed by atoms with E-state index in [1.54, 1.807) is 0 Å². The van der Waals surface area contributed by atoms with E-state index in [-0.39, 0.29) is 0 Å². The zero-order chi connectivity index (χ0) is 89.9. The zero-order valence-electron chi connectivity index (χ0n) is 73.3. The Hall–Kier alpha value is -17.7. The monoisotopic (exact) mass is 1770 g/mol. The molecule has 10 nitrogen and oxygen atoms in total.